The van der Waals surface area contributed by atoms with Crippen LogP contribution in [0.4, 0.5) is 5.69 Å². The van der Waals surface area contributed by atoms with Gasteiger partial charge in [0.15, 0.2) is 0 Å². The molecule has 0 heterocycles. The van der Waals surface area contributed by atoms with E-state index < -0.39 is 18.0 Å². The molecule has 0 radical (unpaired) electrons. The summed E-state index contributed by atoms with van der Waals surface area (Å²) in [6.07, 6.45) is -0.938. The third kappa shape index (κ3) is 4.15. The summed E-state index contributed by atoms with van der Waals surface area (Å²) >= 11 is 0. The van der Waals surface area contributed by atoms with Gasteiger partial charge in [0.25, 0.3) is 5.91 Å². The number of carboxylic acids is 1. The molecule has 3 N–H and O–H groups in total. The first-order valence-corrected chi connectivity index (χ1v) is 6.42. The van der Waals surface area contributed by atoms with Crippen LogP contribution in [-0.2, 0) is 11.2 Å². The van der Waals surface area contributed by atoms with Gasteiger partial charge in [-0.25, -0.2) is 4.79 Å². The summed E-state index contributed by atoms with van der Waals surface area (Å²) in [5, 5.41) is 21.2. The Bertz CT molecular complexity index is 622. The van der Waals surface area contributed by atoms with Crippen LogP contribution in [0.15, 0.2) is 54.6 Å². The number of amides is 1. The lowest BCUT2D eigenvalue weighted by Gasteiger charge is -2.11. The lowest BCUT2D eigenvalue weighted by atomic mass is 10.1. The van der Waals surface area contributed by atoms with Crippen molar-refractivity contribution in [3.05, 3.63) is 65.7 Å². The highest BCUT2D eigenvalue weighted by atomic mass is 16.4. The van der Waals surface area contributed by atoms with Crippen molar-refractivity contribution in [3.8, 4) is 0 Å². The van der Waals surface area contributed by atoms with E-state index in [4.69, 9.17) is 5.11 Å². The molecule has 0 aromatic heterocycles. The van der Waals surface area contributed by atoms with Crippen LogP contribution >= 0.6 is 0 Å². The Morgan fingerprint density at radius 3 is 2.19 bits per heavy atom. The standard InChI is InChI=1S/C16H15NO4/c18-14(10-11-4-2-1-3-5-11)15(19)17-13-8-6-12(7-9-13)16(20)21/h1-9,14,18H,10H2,(H,17,19)(H,20,21)/t14-/m1/s1. The quantitative estimate of drug-likeness (QED) is 0.783. The zero-order valence-corrected chi connectivity index (χ0v) is 11.2. The van der Waals surface area contributed by atoms with Crippen LogP contribution in [0.25, 0.3) is 0 Å². The second-order valence-electron chi connectivity index (χ2n) is 4.58. The molecule has 2 aromatic carbocycles. The number of carboxylic acid groups (broad SMARTS) is 1. The van der Waals surface area contributed by atoms with E-state index in [0.29, 0.717) is 5.69 Å². The van der Waals surface area contributed by atoms with Gasteiger partial charge in [-0.3, -0.25) is 4.79 Å². The molecule has 0 bridgehead atoms. The van der Waals surface area contributed by atoms with E-state index in [1.54, 1.807) is 0 Å². The van der Waals surface area contributed by atoms with Crippen molar-refractivity contribution in [2.45, 2.75) is 12.5 Å². The highest BCUT2D eigenvalue weighted by Crippen LogP contribution is 2.11. The first-order chi connectivity index (χ1) is 10.1. The molecule has 0 aliphatic rings. The lowest BCUT2D eigenvalue weighted by molar-refractivity contribution is -0.123. The molecule has 2 rings (SSSR count). The second-order valence-corrected chi connectivity index (χ2v) is 4.58. The van der Waals surface area contributed by atoms with Crippen molar-refractivity contribution in [2.75, 3.05) is 5.32 Å². The number of aliphatic hydroxyl groups is 1. The van der Waals surface area contributed by atoms with Crippen LogP contribution in [0.3, 0.4) is 0 Å². The molecule has 5 nitrogen and oxygen atoms in total. The molecular formula is C16H15NO4. The van der Waals surface area contributed by atoms with Crippen molar-refractivity contribution in [1.29, 1.82) is 0 Å². The summed E-state index contributed by atoms with van der Waals surface area (Å²) in [6, 6.07) is 14.9. The number of nitrogens with one attached hydrogen (secondary N) is 1. The molecule has 0 spiro atoms. The Morgan fingerprint density at radius 1 is 1.00 bits per heavy atom. The van der Waals surface area contributed by atoms with E-state index >= 15 is 0 Å². The molecular weight excluding hydrogens is 270 g/mol. The van der Waals surface area contributed by atoms with E-state index in [1.165, 1.54) is 24.3 Å². The highest BCUT2D eigenvalue weighted by molar-refractivity contribution is 5.95. The number of benzene rings is 2. The molecule has 1 atom stereocenters. The van der Waals surface area contributed by atoms with Crippen molar-refractivity contribution in [2.24, 2.45) is 0 Å². The van der Waals surface area contributed by atoms with Crippen molar-refractivity contribution in [1.82, 2.24) is 0 Å². The normalized spacial score (nSPS) is 11.7. The number of hydrogen-bond donors (Lipinski definition) is 3. The smallest absolute Gasteiger partial charge is 0.335 e. The minimum atomic E-state index is -1.16. The Morgan fingerprint density at radius 2 is 1.62 bits per heavy atom. The second kappa shape index (κ2) is 6.67. The molecule has 0 aliphatic carbocycles. The number of hydrogen-bond acceptors (Lipinski definition) is 3. The predicted octanol–water partition coefficient (Wildman–Crippen LogP) is 1.93. The number of anilines is 1. The van der Waals surface area contributed by atoms with Gasteiger partial charge in [-0.05, 0) is 29.8 Å². The molecule has 0 aliphatic heterocycles. The molecule has 21 heavy (non-hydrogen) atoms. The number of carbonyl (C=O) groups is 2. The molecule has 5 heteroatoms. The van der Waals surface area contributed by atoms with E-state index in [1.807, 2.05) is 30.3 Å². The SMILES string of the molecule is O=C(O)c1ccc(NC(=O)[C@H](O)Cc2ccccc2)cc1. The molecule has 0 unspecified atom stereocenters. The van der Waals surface area contributed by atoms with Gasteiger partial charge in [-0.15, -0.1) is 0 Å². The zero-order chi connectivity index (χ0) is 15.2. The average molecular weight is 285 g/mol. The van der Waals surface area contributed by atoms with Gasteiger partial charge >= 0.3 is 5.97 Å². The van der Waals surface area contributed by atoms with Crippen molar-refractivity contribution < 1.29 is 19.8 Å². The van der Waals surface area contributed by atoms with Crippen molar-refractivity contribution in [3.63, 3.8) is 0 Å². The molecule has 0 saturated heterocycles. The van der Waals surface area contributed by atoms with Gasteiger partial charge in [-0.1, -0.05) is 30.3 Å². The van der Waals surface area contributed by atoms with E-state index in [0.717, 1.165) is 5.56 Å². The molecule has 0 fully saturated rings. The highest BCUT2D eigenvalue weighted by Gasteiger charge is 2.15. The van der Waals surface area contributed by atoms with Gasteiger partial charge in [-0.2, -0.15) is 0 Å². The summed E-state index contributed by atoms with van der Waals surface area (Å²) in [5.74, 6) is -1.56. The first kappa shape index (κ1) is 14.7. The van der Waals surface area contributed by atoms with Crippen LogP contribution in [0.1, 0.15) is 15.9 Å². The van der Waals surface area contributed by atoms with E-state index in [9.17, 15) is 14.7 Å². The van der Waals surface area contributed by atoms with E-state index in [2.05, 4.69) is 5.32 Å². The Hall–Kier alpha value is -2.66. The predicted molar refractivity (Wildman–Crippen MR) is 78.2 cm³/mol. The molecule has 2 aromatic rings. The molecule has 1 amide bonds. The van der Waals surface area contributed by atoms with Gasteiger partial charge in [0, 0.05) is 12.1 Å². The van der Waals surface area contributed by atoms with E-state index in [-0.39, 0.29) is 12.0 Å². The Labute approximate surface area is 121 Å². The van der Waals surface area contributed by atoms with Crippen LogP contribution in [0.5, 0.6) is 0 Å². The third-order valence-electron chi connectivity index (χ3n) is 2.97. The number of aromatic carboxylic acids is 1. The summed E-state index contributed by atoms with van der Waals surface area (Å²) in [7, 11) is 0. The number of aliphatic hydroxyl groups excluding tert-OH is 1. The maximum absolute atomic E-state index is 11.9. The zero-order valence-electron chi connectivity index (χ0n) is 11.2. The topological polar surface area (TPSA) is 86.6 Å². The lowest BCUT2D eigenvalue weighted by Crippen LogP contribution is -2.29. The first-order valence-electron chi connectivity index (χ1n) is 6.42. The summed E-state index contributed by atoms with van der Waals surface area (Å²) in [4.78, 5) is 22.6. The molecule has 0 saturated carbocycles. The van der Waals surface area contributed by atoms with Crippen LogP contribution < -0.4 is 5.32 Å². The largest absolute Gasteiger partial charge is 0.478 e. The van der Waals surface area contributed by atoms with Gasteiger partial charge in [0.2, 0.25) is 0 Å². The number of carbonyl (C=O) groups excluding carboxylic acids is 1. The average Bonchev–Trinajstić information content (AvgIpc) is 2.48. The van der Waals surface area contributed by atoms with Gasteiger partial charge < -0.3 is 15.5 Å². The minimum absolute atomic E-state index is 0.137. The fourth-order valence-corrected chi connectivity index (χ4v) is 1.85. The van der Waals surface area contributed by atoms with Gasteiger partial charge in [0.1, 0.15) is 6.10 Å². The molecule has 108 valence electrons. The van der Waals surface area contributed by atoms with Crippen LogP contribution in [0.2, 0.25) is 0 Å². The Kier molecular flexibility index (Phi) is 4.68. The monoisotopic (exact) mass is 285 g/mol. The summed E-state index contributed by atoms with van der Waals surface area (Å²) in [6.45, 7) is 0. The number of rotatable bonds is 5. The maximum atomic E-state index is 11.9. The van der Waals surface area contributed by atoms with Crippen LogP contribution in [0, 0.1) is 0 Å². The third-order valence-corrected chi connectivity index (χ3v) is 2.97. The summed E-state index contributed by atoms with van der Waals surface area (Å²) in [5.41, 5.74) is 1.44. The Balaban J connectivity index is 1.95. The fraction of sp³-hybridized carbons (Fsp3) is 0.125. The fourth-order valence-electron chi connectivity index (χ4n) is 1.85. The minimum Gasteiger partial charge on any atom is -0.478 e. The van der Waals surface area contributed by atoms with Gasteiger partial charge in [0.05, 0.1) is 5.56 Å². The maximum Gasteiger partial charge on any atom is 0.335 e. The van der Waals surface area contributed by atoms with Crippen molar-refractivity contribution >= 4 is 17.6 Å². The summed E-state index contributed by atoms with van der Waals surface area (Å²) < 4.78 is 0. The van der Waals surface area contributed by atoms with Crippen LogP contribution in [-0.4, -0.2) is 28.2 Å².